The second kappa shape index (κ2) is 26.8. The molecule has 0 N–H and O–H groups in total. The number of hydrogen-bond acceptors (Lipinski definition) is 1. The van der Waals surface area contributed by atoms with Gasteiger partial charge in [0.05, 0.1) is 7.14 Å². The van der Waals surface area contributed by atoms with Gasteiger partial charge in [-0.25, -0.2) is 0 Å². The molecule has 0 aromatic heterocycles. The van der Waals surface area contributed by atoms with Crippen LogP contribution < -0.4 is 0 Å². The Morgan fingerprint density at radius 2 is 0.545 bits per heavy atom. The second-order valence-electron chi connectivity index (χ2n) is 10.9. The minimum atomic E-state index is -1.78. The van der Waals surface area contributed by atoms with E-state index in [9.17, 15) is 4.57 Å². The van der Waals surface area contributed by atoms with Gasteiger partial charge in [0, 0.05) is 6.16 Å². The SMILES string of the molecule is CCCCCCCCCCCCCCCCCCCCCCCCCCCP(=O)(CC)CC. The molecular weight excluding hydrogens is 419 g/mol. The quantitative estimate of drug-likeness (QED) is 0.0797. The van der Waals surface area contributed by atoms with Gasteiger partial charge in [-0.1, -0.05) is 175 Å². The van der Waals surface area contributed by atoms with Gasteiger partial charge in [-0.15, -0.1) is 0 Å². The maximum Gasteiger partial charge on any atom is 0.0872 e. The molecule has 0 spiro atoms. The Morgan fingerprint density at radius 3 is 0.758 bits per heavy atom. The third kappa shape index (κ3) is 25.1. The van der Waals surface area contributed by atoms with E-state index >= 15 is 0 Å². The van der Waals surface area contributed by atoms with E-state index in [1.165, 1.54) is 161 Å². The lowest BCUT2D eigenvalue weighted by Crippen LogP contribution is -1.95. The van der Waals surface area contributed by atoms with Gasteiger partial charge >= 0.3 is 0 Å². The molecule has 0 bridgehead atoms. The van der Waals surface area contributed by atoms with Crippen LogP contribution >= 0.6 is 7.14 Å². The molecule has 1 nitrogen and oxygen atoms in total. The topological polar surface area (TPSA) is 17.1 Å². The molecule has 0 aliphatic rings. The summed E-state index contributed by atoms with van der Waals surface area (Å²) in [7, 11) is -1.78. The average molecular weight is 485 g/mol. The van der Waals surface area contributed by atoms with Gasteiger partial charge in [-0.3, -0.25) is 0 Å². The van der Waals surface area contributed by atoms with Crippen molar-refractivity contribution in [1.82, 2.24) is 0 Å². The molecule has 33 heavy (non-hydrogen) atoms. The third-order valence-corrected chi connectivity index (χ3v) is 11.3. The molecule has 0 unspecified atom stereocenters. The molecule has 0 radical (unpaired) electrons. The van der Waals surface area contributed by atoms with Crippen LogP contribution in [0.5, 0.6) is 0 Å². The lowest BCUT2D eigenvalue weighted by Gasteiger charge is -2.13. The van der Waals surface area contributed by atoms with Gasteiger partial charge in [0.2, 0.25) is 0 Å². The van der Waals surface area contributed by atoms with Gasteiger partial charge in [0.25, 0.3) is 0 Å². The van der Waals surface area contributed by atoms with Crippen LogP contribution in [0.4, 0.5) is 0 Å². The van der Waals surface area contributed by atoms with Gasteiger partial charge in [0.1, 0.15) is 0 Å². The molecular formula is C31H65OP. The highest BCUT2D eigenvalue weighted by Crippen LogP contribution is 2.45. The van der Waals surface area contributed by atoms with Crippen LogP contribution in [0, 0.1) is 0 Å². The van der Waals surface area contributed by atoms with Crippen molar-refractivity contribution in [1.29, 1.82) is 0 Å². The molecule has 0 atom stereocenters. The van der Waals surface area contributed by atoms with Crippen LogP contribution in [0.2, 0.25) is 0 Å². The highest BCUT2D eigenvalue weighted by molar-refractivity contribution is 7.63. The van der Waals surface area contributed by atoms with Crippen LogP contribution in [0.15, 0.2) is 0 Å². The fourth-order valence-electron chi connectivity index (χ4n) is 5.08. The lowest BCUT2D eigenvalue weighted by molar-refractivity contribution is 0.516. The minimum Gasteiger partial charge on any atom is -0.324 e. The number of unbranched alkanes of at least 4 members (excludes halogenated alkanes) is 24. The van der Waals surface area contributed by atoms with Crippen LogP contribution in [0.3, 0.4) is 0 Å². The van der Waals surface area contributed by atoms with Crippen molar-refractivity contribution in [2.24, 2.45) is 0 Å². The van der Waals surface area contributed by atoms with Crippen molar-refractivity contribution in [3.8, 4) is 0 Å². The highest BCUT2D eigenvalue weighted by Gasteiger charge is 2.15. The molecule has 0 rings (SSSR count). The van der Waals surface area contributed by atoms with Crippen LogP contribution in [0.1, 0.15) is 181 Å². The zero-order valence-corrected chi connectivity index (χ0v) is 24.5. The van der Waals surface area contributed by atoms with Gasteiger partial charge < -0.3 is 4.57 Å². The summed E-state index contributed by atoms with van der Waals surface area (Å²) in [6.07, 6.45) is 38.7. The average Bonchev–Trinajstić information content (AvgIpc) is 2.83. The molecule has 0 aromatic rings. The van der Waals surface area contributed by atoms with Crippen molar-refractivity contribution >= 4 is 7.14 Å². The standard InChI is InChI=1S/C31H65OP/c1-4-7-8-9-10-11-12-13-14-15-16-17-18-19-20-21-22-23-24-25-26-27-28-29-30-31-33(32,5-2)6-3/h4-31H2,1-3H3. The normalized spacial score (nSPS) is 12.0. The van der Waals surface area contributed by atoms with E-state index in [2.05, 4.69) is 20.8 Å². The van der Waals surface area contributed by atoms with E-state index in [-0.39, 0.29) is 0 Å². The first-order valence-electron chi connectivity index (χ1n) is 15.8. The summed E-state index contributed by atoms with van der Waals surface area (Å²) >= 11 is 0. The number of hydrogen-bond donors (Lipinski definition) is 0. The summed E-state index contributed by atoms with van der Waals surface area (Å²) in [6, 6.07) is 0. The summed E-state index contributed by atoms with van der Waals surface area (Å²) in [5, 5.41) is 0. The fourth-order valence-corrected chi connectivity index (χ4v) is 6.96. The molecule has 0 aliphatic carbocycles. The molecule has 0 aliphatic heterocycles. The molecule has 200 valence electrons. The van der Waals surface area contributed by atoms with E-state index in [1.54, 1.807) is 0 Å². The largest absolute Gasteiger partial charge is 0.324 e. The Bertz CT molecular complexity index is 398. The summed E-state index contributed by atoms with van der Waals surface area (Å²) in [5.74, 6) is 0. The smallest absolute Gasteiger partial charge is 0.0872 e. The predicted octanol–water partition coefficient (Wildman–Crippen LogP) is 12.2. The molecule has 0 aromatic carbocycles. The molecule has 0 saturated heterocycles. The van der Waals surface area contributed by atoms with Crippen LogP contribution in [0.25, 0.3) is 0 Å². The maximum atomic E-state index is 12.4. The number of rotatable bonds is 28. The van der Waals surface area contributed by atoms with E-state index in [0.29, 0.717) is 0 Å². The monoisotopic (exact) mass is 484 g/mol. The van der Waals surface area contributed by atoms with Gasteiger partial charge in [-0.2, -0.15) is 0 Å². The molecule has 0 saturated carbocycles. The Labute approximate surface area is 211 Å². The van der Waals surface area contributed by atoms with Crippen LogP contribution in [-0.2, 0) is 4.57 Å². The van der Waals surface area contributed by atoms with E-state index in [0.717, 1.165) is 18.5 Å². The summed E-state index contributed by atoms with van der Waals surface area (Å²) in [4.78, 5) is 0. The minimum absolute atomic E-state index is 0.906. The van der Waals surface area contributed by atoms with Gasteiger partial charge in [0.15, 0.2) is 0 Å². The Kier molecular flexibility index (Phi) is 27.0. The van der Waals surface area contributed by atoms with E-state index in [4.69, 9.17) is 0 Å². The van der Waals surface area contributed by atoms with Crippen molar-refractivity contribution < 1.29 is 4.57 Å². The fraction of sp³-hybridized carbons (Fsp3) is 1.00. The first kappa shape index (κ1) is 33.2. The van der Waals surface area contributed by atoms with E-state index in [1.807, 2.05) is 0 Å². The molecule has 0 amide bonds. The first-order chi connectivity index (χ1) is 16.2. The van der Waals surface area contributed by atoms with Gasteiger partial charge in [-0.05, 0) is 18.7 Å². The second-order valence-corrected chi connectivity index (χ2v) is 14.7. The zero-order chi connectivity index (χ0) is 24.3. The maximum absolute atomic E-state index is 12.4. The van der Waals surface area contributed by atoms with E-state index < -0.39 is 7.14 Å². The first-order valence-corrected chi connectivity index (χ1v) is 18.0. The summed E-state index contributed by atoms with van der Waals surface area (Å²) in [6.45, 7) is 6.50. The zero-order valence-electron chi connectivity index (χ0n) is 23.7. The van der Waals surface area contributed by atoms with Crippen molar-refractivity contribution in [2.75, 3.05) is 18.5 Å². The Balaban J connectivity index is 3.10. The van der Waals surface area contributed by atoms with Crippen LogP contribution in [-0.4, -0.2) is 18.5 Å². The summed E-state index contributed by atoms with van der Waals surface area (Å²) in [5.41, 5.74) is 0. The van der Waals surface area contributed by atoms with Crippen molar-refractivity contribution in [3.05, 3.63) is 0 Å². The highest BCUT2D eigenvalue weighted by atomic mass is 31.2. The molecule has 2 heteroatoms. The van der Waals surface area contributed by atoms with Crippen molar-refractivity contribution in [3.63, 3.8) is 0 Å². The molecule has 0 heterocycles. The molecule has 0 fully saturated rings. The van der Waals surface area contributed by atoms with Crippen molar-refractivity contribution in [2.45, 2.75) is 181 Å². The lowest BCUT2D eigenvalue weighted by atomic mass is 10.0. The summed E-state index contributed by atoms with van der Waals surface area (Å²) < 4.78 is 12.4. The predicted molar refractivity (Wildman–Crippen MR) is 155 cm³/mol. The Morgan fingerprint density at radius 1 is 0.333 bits per heavy atom. The Hall–Kier alpha value is 0.230. The third-order valence-electron chi connectivity index (χ3n) is 7.82.